The maximum Gasteiger partial charge on any atom is 0.417 e. The molecule has 1 heterocycles. The highest BCUT2D eigenvalue weighted by atomic mass is 35.5. The van der Waals surface area contributed by atoms with E-state index in [1.165, 1.54) is 12.1 Å². The summed E-state index contributed by atoms with van der Waals surface area (Å²) >= 11 is 5.66. The Morgan fingerprint density at radius 3 is 2.03 bits per heavy atom. The number of carbonyl (C=O) groups is 2. The van der Waals surface area contributed by atoms with E-state index >= 15 is 0 Å². The van der Waals surface area contributed by atoms with Gasteiger partial charge in [0.15, 0.2) is 5.78 Å². The first-order chi connectivity index (χ1) is 15.7. The molecule has 0 spiro atoms. The highest BCUT2D eigenvalue weighted by Crippen LogP contribution is 2.35. The molecule has 0 aliphatic heterocycles. The number of nitrogens with zero attached hydrogens (tertiary/aromatic N) is 2. The molecule has 4 aromatic rings. The van der Waals surface area contributed by atoms with E-state index in [2.05, 4.69) is 20.6 Å². The molecule has 1 aromatic heterocycles. The van der Waals surface area contributed by atoms with Crippen LogP contribution in [0.2, 0.25) is 5.02 Å². The summed E-state index contributed by atoms with van der Waals surface area (Å²) < 4.78 is 38.3. The molecule has 6 nitrogen and oxygen atoms in total. The first-order valence-electron chi connectivity index (χ1n) is 9.51. The van der Waals surface area contributed by atoms with Crippen LogP contribution >= 0.6 is 11.6 Å². The molecule has 0 atom stereocenters. The number of hydrogen-bond donors (Lipinski definition) is 2. The Kier molecular flexibility index (Phi) is 5.97. The SMILES string of the molecule is O=C(Nc1ccc(C(=O)c2ccc3nccnc3c2)cc1)Nc1ccc(C(F)(F)F)c(Cl)c1. The Hall–Kier alpha value is -3.98. The topological polar surface area (TPSA) is 84.0 Å². The van der Waals surface area contributed by atoms with Crippen molar-refractivity contribution in [2.75, 3.05) is 10.6 Å². The molecule has 10 heteroatoms. The van der Waals surface area contributed by atoms with Gasteiger partial charge in [-0.2, -0.15) is 13.2 Å². The predicted octanol–water partition coefficient (Wildman–Crippen LogP) is 6.18. The van der Waals surface area contributed by atoms with Crippen molar-refractivity contribution in [2.45, 2.75) is 6.18 Å². The van der Waals surface area contributed by atoms with Crippen molar-refractivity contribution in [1.29, 1.82) is 0 Å². The minimum absolute atomic E-state index is 0.0942. The number of aromatic nitrogens is 2. The molecule has 0 saturated carbocycles. The van der Waals surface area contributed by atoms with Crippen LogP contribution in [-0.4, -0.2) is 21.8 Å². The van der Waals surface area contributed by atoms with Gasteiger partial charge >= 0.3 is 12.2 Å². The number of hydrogen-bond acceptors (Lipinski definition) is 4. The molecule has 4 rings (SSSR count). The largest absolute Gasteiger partial charge is 0.417 e. The Labute approximate surface area is 190 Å². The second-order valence-corrected chi connectivity index (χ2v) is 7.35. The number of rotatable bonds is 4. The Morgan fingerprint density at radius 2 is 1.36 bits per heavy atom. The van der Waals surface area contributed by atoms with Crippen LogP contribution in [0.1, 0.15) is 21.5 Å². The fourth-order valence-corrected chi connectivity index (χ4v) is 3.38. The molecule has 0 saturated heterocycles. The lowest BCUT2D eigenvalue weighted by atomic mass is 10.0. The van der Waals surface area contributed by atoms with Crippen LogP contribution < -0.4 is 10.6 Å². The monoisotopic (exact) mass is 470 g/mol. The molecule has 2 amide bonds. The fourth-order valence-electron chi connectivity index (χ4n) is 3.09. The normalized spacial score (nSPS) is 11.3. The van der Waals surface area contributed by atoms with Crippen molar-refractivity contribution in [1.82, 2.24) is 9.97 Å². The standard InChI is InChI=1S/C23H14ClF3N4O2/c24-18-12-16(6-7-17(18)23(25,26)27)31-22(33)30-15-4-1-13(2-5-15)21(32)14-3-8-19-20(11-14)29-10-9-28-19/h1-12H,(H2,30,31,33). The third-order valence-electron chi connectivity index (χ3n) is 4.67. The Morgan fingerprint density at radius 1 is 0.758 bits per heavy atom. The summed E-state index contributed by atoms with van der Waals surface area (Å²) in [4.78, 5) is 33.3. The van der Waals surface area contributed by atoms with Gasteiger partial charge in [-0.25, -0.2) is 4.79 Å². The minimum Gasteiger partial charge on any atom is -0.308 e. The number of fused-ring (bicyclic) bond motifs is 1. The number of halogens is 4. The van der Waals surface area contributed by atoms with Crippen molar-refractivity contribution in [3.8, 4) is 0 Å². The van der Waals surface area contributed by atoms with Gasteiger partial charge in [-0.05, 0) is 60.7 Å². The zero-order valence-electron chi connectivity index (χ0n) is 16.7. The van der Waals surface area contributed by atoms with E-state index in [9.17, 15) is 22.8 Å². The van der Waals surface area contributed by atoms with Gasteiger partial charge in [0.25, 0.3) is 0 Å². The van der Waals surface area contributed by atoms with Gasteiger partial charge < -0.3 is 10.6 Å². The molecule has 0 unspecified atom stereocenters. The highest BCUT2D eigenvalue weighted by Gasteiger charge is 2.33. The summed E-state index contributed by atoms with van der Waals surface area (Å²) in [6.45, 7) is 0. The number of carbonyl (C=O) groups excluding carboxylic acids is 2. The molecule has 0 fully saturated rings. The average molecular weight is 471 g/mol. The van der Waals surface area contributed by atoms with Gasteiger partial charge in [-0.15, -0.1) is 0 Å². The summed E-state index contributed by atoms with van der Waals surface area (Å²) in [6.07, 6.45) is -1.48. The third-order valence-corrected chi connectivity index (χ3v) is 4.98. The molecule has 33 heavy (non-hydrogen) atoms. The molecular formula is C23H14ClF3N4O2. The Balaban J connectivity index is 1.42. The van der Waals surface area contributed by atoms with Gasteiger partial charge in [-0.1, -0.05) is 11.6 Å². The van der Waals surface area contributed by atoms with Crippen LogP contribution in [0, 0.1) is 0 Å². The van der Waals surface area contributed by atoms with E-state index in [1.54, 1.807) is 42.7 Å². The number of amides is 2. The van der Waals surface area contributed by atoms with E-state index < -0.39 is 22.8 Å². The third kappa shape index (κ3) is 5.09. The van der Waals surface area contributed by atoms with Crippen molar-refractivity contribution >= 4 is 45.8 Å². The molecule has 0 aliphatic rings. The quantitative estimate of drug-likeness (QED) is 0.349. The first kappa shape index (κ1) is 22.2. The number of alkyl halides is 3. The molecule has 0 bridgehead atoms. The van der Waals surface area contributed by atoms with Crippen LogP contribution in [0.3, 0.4) is 0 Å². The van der Waals surface area contributed by atoms with Gasteiger partial charge in [0.2, 0.25) is 0 Å². The van der Waals surface area contributed by atoms with Crippen molar-refractivity contribution in [3.63, 3.8) is 0 Å². The van der Waals surface area contributed by atoms with Gasteiger partial charge in [0.1, 0.15) is 0 Å². The second kappa shape index (κ2) is 8.87. The van der Waals surface area contributed by atoms with Crippen LogP contribution in [0.25, 0.3) is 11.0 Å². The summed E-state index contributed by atoms with van der Waals surface area (Å²) in [6, 6.07) is 13.4. The second-order valence-electron chi connectivity index (χ2n) is 6.94. The van der Waals surface area contributed by atoms with Crippen molar-refractivity contribution < 1.29 is 22.8 Å². The number of anilines is 2. The van der Waals surface area contributed by atoms with Gasteiger partial charge in [0, 0.05) is 34.9 Å². The van der Waals surface area contributed by atoms with Crippen LogP contribution in [-0.2, 0) is 6.18 Å². The van der Waals surface area contributed by atoms with E-state index in [0.717, 1.165) is 18.2 Å². The highest BCUT2D eigenvalue weighted by molar-refractivity contribution is 6.31. The molecule has 166 valence electrons. The number of benzene rings is 3. The van der Waals surface area contributed by atoms with Crippen molar-refractivity contribution in [2.24, 2.45) is 0 Å². The fraction of sp³-hybridized carbons (Fsp3) is 0.0435. The van der Waals surface area contributed by atoms with Gasteiger partial charge in [-0.3, -0.25) is 14.8 Å². The molecular weight excluding hydrogens is 457 g/mol. The van der Waals surface area contributed by atoms with Crippen LogP contribution in [0.15, 0.2) is 73.1 Å². The summed E-state index contributed by atoms with van der Waals surface area (Å²) in [5.41, 5.74) is 1.60. The zero-order valence-corrected chi connectivity index (χ0v) is 17.4. The molecule has 0 radical (unpaired) electrons. The number of urea groups is 1. The van der Waals surface area contributed by atoms with E-state index in [0.29, 0.717) is 27.8 Å². The lowest BCUT2D eigenvalue weighted by Gasteiger charge is -2.12. The summed E-state index contributed by atoms with van der Waals surface area (Å²) in [5, 5.41) is 4.42. The molecule has 3 aromatic carbocycles. The maximum atomic E-state index is 12.8. The molecule has 2 N–H and O–H groups in total. The number of ketones is 1. The lowest BCUT2D eigenvalue weighted by Crippen LogP contribution is -2.19. The van der Waals surface area contributed by atoms with Gasteiger partial charge in [0.05, 0.1) is 21.6 Å². The van der Waals surface area contributed by atoms with Crippen LogP contribution in [0.5, 0.6) is 0 Å². The Bertz CT molecular complexity index is 1360. The van der Waals surface area contributed by atoms with Crippen molar-refractivity contribution in [3.05, 3.63) is 94.8 Å². The first-order valence-corrected chi connectivity index (χ1v) is 9.89. The van der Waals surface area contributed by atoms with E-state index in [-0.39, 0.29) is 11.5 Å². The zero-order chi connectivity index (χ0) is 23.6. The van der Waals surface area contributed by atoms with E-state index in [1.807, 2.05) is 0 Å². The average Bonchev–Trinajstić information content (AvgIpc) is 2.78. The molecule has 0 aliphatic carbocycles. The number of nitrogens with one attached hydrogen (secondary N) is 2. The summed E-state index contributed by atoms with van der Waals surface area (Å²) in [7, 11) is 0. The minimum atomic E-state index is -4.59. The lowest BCUT2D eigenvalue weighted by molar-refractivity contribution is -0.137. The maximum absolute atomic E-state index is 12.8. The summed E-state index contributed by atoms with van der Waals surface area (Å²) in [5.74, 6) is -0.224. The predicted molar refractivity (Wildman–Crippen MR) is 119 cm³/mol. The van der Waals surface area contributed by atoms with Crippen LogP contribution in [0.4, 0.5) is 29.3 Å². The van der Waals surface area contributed by atoms with E-state index in [4.69, 9.17) is 11.6 Å². The smallest absolute Gasteiger partial charge is 0.308 e.